The second-order valence-corrected chi connectivity index (χ2v) is 3.64. The van der Waals surface area contributed by atoms with E-state index < -0.39 is 0 Å². The van der Waals surface area contributed by atoms with E-state index in [1.54, 1.807) is 25.3 Å². The molecular formula is C13H18N2O3. The smallest absolute Gasteiger partial charge is 0.143 e. The number of nitrogens with two attached hydrogens (primary N) is 1. The average molecular weight is 250 g/mol. The van der Waals surface area contributed by atoms with E-state index >= 15 is 0 Å². The Bertz CT molecular complexity index is 402. The van der Waals surface area contributed by atoms with Crippen LogP contribution in [0.2, 0.25) is 0 Å². The highest BCUT2D eigenvalue weighted by atomic mass is 16.5. The van der Waals surface area contributed by atoms with E-state index in [2.05, 4.69) is 0 Å². The maximum Gasteiger partial charge on any atom is 0.143 e. The summed E-state index contributed by atoms with van der Waals surface area (Å²) in [6.07, 6.45) is 0.764. The molecule has 0 radical (unpaired) electrons. The highest BCUT2D eigenvalue weighted by Crippen LogP contribution is 2.24. The number of nitrogens with zero attached hydrogens (tertiary/aromatic N) is 1. The van der Waals surface area contributed by atoms with Crippen molar-refractivity contribution in [2.75, 3.05) is 39.3 Å². The summed E-state index contributed by atoms with van der Waals surface area (Å²) in [5, 5.41) is 8.82. The van der Waals surface area contributed by atoms with Crippen LogP contribution in [0, 0.1) is 11.3 Å². The van der Waals surface area contributed by atoms with Gasteiger partial charge in [-0.3, -0.25) is 0 Å². The molecular weight excluding hydrogens is 232 g/mol. The molecule has 0 fully saturated rings. The van der Waals surface area contributed by atoms with E-state index in [9.17, 15) is 0 Å². The van der Waals surface area contributed by atoms with Gasteiger partial charge in [0.15, 0.2) is 0 Å². The quantitative estimate of drug-likeness (QED) is 0.559. The Labute approximate surface area is 107 Å². The first-order valence-corrected chi connectivity index (χ1v) is 5.77. The molecule has 0 heterocycles. The van der Waals surface area contributed by atoms with Crippen LogP contribution in [0.15, 0.2) is 18.2 Å². The van der Waals surface area contributed by atoms with Gasteiger partial charge >= 0.3 is 0 Å². The second-order valence-electron chi connectivity index (χ2n) is 3.64. The number of ether oxygens (including phenoxy) is 3. The molecule has 2 N–H and O–H groups in total. The lowest BCUT2D eigenvalue weighted by atomic mass is 10.2. The van der Waals surface area contributed by atoms with Gasteiger partial charge in [0, 0.05) is 20.1 Å². The molecule has 0 spiro atoms. The molecule has 0 aromatic heterocycles. The Kier molecular flexibility index (Phi) is 6.62. The lowest BCUT2D eigenvalue weighted by molar-refractivity contribution is 0.0645. The number of para-hydroxylation sites is 1. The van der Waals surface area contributed by atoms with Gasteiger partial charge in [-0.15, -0.1) is 0 Å². The fraction of sp³-hybridized carbons (Fsp3) is 0.462. The maximum absolute atomic E-state index is 8.82. The maximum atomic E-state index is 8.82. The molecule has 1 rings (SSSR count). The van der Waals surface area contributed by atoms with Gasteiger partial charge in [-0.1, -0.05) is 6.07 Å². The molecule has 5 heteroatoms. The molecule has 0 atom stereocenters. The summed E-state index contributed by atoms with van der Waals surface area (Å²) in [5.41, 5.74) is 6.60. The second kappa shape index (κ2) is 8.34. The number of nitrogen functional groups attached to an aromatic ring is 1. The molecule has 98 valence electrons. The van der Waals surface area contributed by atoms with E-state index in [1.807, 2.05) is 6.07 Å². The van der Waals surface area contributed by atoms with Crippen LogP contribution in [0.3, 0.4) is 0 Å². The monoisotopic (exact) mass is 250 g/mol. The summed E-state index contributed by atoms with van der Waals surface area (Å²) in [6.45, 7) is 2.30. The lowest BCUT2D eigenvalue weighted by Gasteiger charge is -2.09. The predicted octanol–water partition coefficient (Wildman–Crippen LogP) is 1.57. The number of hydrogen-bond acceptors (Lipinski definition) is 5. The van der Waals surface area contributed by atoms with Gasteiger partial charge in [-0.2, -0.15) is 5.26 Å². The van der Waals surface area contributed by atoms with Crippen molar-refractivity contribution in [3.63, 3.8) is 0 Å². The van der Waals surface area contributed by atoms with Gasteiger partial charge in [0.05, 0.1) is 31.1 Å². The Morgan fingerprint density at radius 2 is 2.06 bits per heavy atom. The third-order valence-electron chi connectivity index (χ3n) is 2.31. The molecule has 0 aliphatic carbocycles. The fourth-order valence-corrected chi connectivity index (χ4v) is 1.35. The minimum absolute atomic E-state index is 0.389. The van der Waals surface area contributed by atoms with Crippen LogP contribution in [-0.2, 0) is 9.47 Å². The third-order valence-corrected chi connectivity index (χ3v) is 2.31. The molecule has 0 aliphatic heterocycles. The average Bonchev–Trinajstić information content (AvgIpc) is 2.39. The van der Waals surface area contributed by atoms with Crippen LogP contribution in [0.5, 0.6) is 5.75 Å². The van der Waals surface area contributed by atoms with Crippen molar-refractivity contribution >= 4 is 5.69 Å². The van der Waals surface area contributed by atoms with Crippen LogP contribution in [0.4, 0.5) is 5.69 Å². The van der Waals surface area contributed by atoms with Crippen molar-refractivity contribution in [3.8, 4) is 11.8 Å². The molecule has 1 aromatic carbocycles. The molecule has 1 aromatic rings. The standard InChI is InChI=1S/C13H18N2O3/c1-16-8-9-17-6-3-7-18-12-5-2-4-11(10-14)13(12)15/h2,4-5H,3,6-9,15H2,1H3. The molecule has 0 bridgehead atoms. The van der Waals surface area contributed by atoms with Crippen LogP contribution < -0.4 is 10.5 Å². The van der Waals surface area contributed by atoms with E-state index in [0.717, 1.165) is 6.42 Å². The number of methoxy groups -OCH3 is 1. The molecule has 0 amide bonds. The molecule has 18 heavy (non-hydrogen) atoms. The molecule has 0 unspecified atom stereocenters. The minimum Gasteiger partial charge on any atom is -0.491 e. The fourth-order valence-electron chi connectivity index (χ4n) is 1.35. The Balaban J connectivity index is 2.26. The number of benzene rings is 1. The number of hydrogen-bond donors (Lipinski definition) is 1. The van der Waals surface area contributed by atoms with Gasteiger partial charge in [-0.05, 0) is 12.1 Å². The van der Waals surface area contributed by atoms with Gasteiger partial charge < -0.3 is 19.9 Å². The summed E-state index contributed by atoms with van der Waals surface area (Å²) in [6, 6.07) is 7.18. The van der Waals surface area contributed by atoms with Crippen molar-refractivity contribution in [3.05, 3.63) is 23.8 Å². The zero-order chi connectivity index (χ0) is 13.2. The minimum atomic E-state index is 0.389. The topological polar surface area (TPSA) is 77.5 Å². The van der Waals surface area contributed by atoms with Gasteiger partial charge in [0.25, 0.3) is 0 Å². The van der Waals surface area contributed by atoms with Crippen LogP contribution >= 0.6 is 0 Å². The Hall–Kier alpha value is -1.77. The van der Waals surface area contributed by atoms with Crippen molar-refractivity contribution in [2.45, 2.75) is 6.42 Å². The first-order chi connectivity index (χ1) is 8.79. The summed E-state index contributed by atoms with van der Waals surface area (Å²) in [7, 11) is 1.64. The summed E-state index contributed by atoms with van der Waals surface area (Å²) in [5.74, 6) is 0.547. The molecule has 0 saturated heterocycles. The normalized spacial score (nSPS) is 10.0. The highest BCUT2D eigenvalue weighted by Gasteiger charge is 2.04. The van der Waals surface area contributed by atoms with Crippen LogP contribution in [0.25, 0.3) is 0 Å². The Morgan fingerprint density at radius 3 is 2.78 bits per heavy atom. The van der Waals surface area contributed by atoms with E-state index in [4.69, 9.17) is 25.2 Å². The largest absolute Gasteiger partial charge is 0.491 e. The Morgan fingerprint density at radius 1 is 1.22 bits per heavy atom. The third kappa shape index (κ3) is 4.62. The van der Waals surface area contributed by atoms with Crippen molar-refractivity contribution < 1.29 is 14.2 Å². The molecule has 0 saturated carbocycles. The summed E-state index contributed by atoms with van der Waals surface area (Å²) < 4.78 is 15.7. The zero-order valence-electron chi connectivity index (χ0n) is 10.5. The number of rotatable bonds is 8. The van der Waals surface area contributed by atoms with Crippen molar-refractivity contribution in [2.24, 2.45) is 0 Å². The predicted molar refractivity (Wildman–Crippen MR) is 68.4 cm³/mol. The molecule has 5 nitrogen and oxygen atoms in total. The van der Waals surface area contributed by atoms with E-state index in [0.29, 0.717) is 43.4 Å². The zero-order valence-corrected chi connectivity index (χ0v) is 10.5. The van der Waals surface area contributed by atoms with Gasteiger partial charge in [0.1, 0.15) is 11.8 Å². The SMILES string of the molecule is COCCOCCCOc1cccc(C#N)c1N. The van der Waals surface area contributed by atoms with Crippen LogP contribution in [0.1, 0.15) is 12.0 Å². The highest BCUT2D eigenvalue weighted by molar-refractivity contribution is 5.62. The first-order valence-electron chi connectivity index (χ1n) is 5.77. The van der Waals surface area contributed by atoms with E-state index in [1.165, 1.54) is 0 Å². The number of anilines is 1. The number of nitriles is 1. The molecule has 0 aliphatic rings. The first kappa shape index (κ1) is 14.3. The van der Waals surface area contributed by atoms with Crippen LogP contribution in [-0.4, -0.2) is 33.5 Å². The van der Waals surface area contributed by atoms with Gasteiger partial charge in [-0.25, -0.2) is 0 Å². The summed E-state index contributed by atoms with van der Waals surface area (Å²) >= 11 is 0. The van der Waals surface area contributed by atoms with Crippen molar-refractivity contribution in [1.82, 2.24) is 0 Å². The lowest BCUT2D eigenvalue weighted by Crippen LogP contribution is -2.07. The van der Waals surface area contributed by atoms with Gasteiger partial charge in [0.2, 0.25) is 0 Å². The summed E-state index contributed by atoms with van der Waals surface area (Å²) in [4.78, 5) is 0. The van der Waals surface area contributed by atoms with Crippen molar-refractivity contribution in [1.29, 1.82) is 5.26 Å². The van der Waals surface area contributed by atoms with E-state index in [-0.39, 0.29) is 0 Å².